The maximum Gasteiger partial charge on any atom is 0.292 e. The lowest BCUT2D eigenvalue weighted by Gasteiger charge is -2.24. The average molecular weight is 374 g/mol. The van der Waals surface area contributed by atoms with Crippen molar-refractivity contribution in [1.29, 1.82) is 0 Å². The molecule has 2 fully saturated rings. The van der Waals surface area contributed by atoms with Gasteiger partial charge in [0.05, 0.1) is 24.2 Å². The highest BCUT2D eigenvalue weighted by Gasteiger charge is 2.19. The summed E-state index contributed by atoms with van der Waals surface area (Å²) in [6.45, 7) is 1.42. The minimum Gasteiger partial charge on any atom is -0.379 e. The van der Waals surface area contributed by atoms with Gasteiger partial charge in [0.15, 0.2) is 0 Å². The minimum atomic E-state index is -0.304. The first-order valence-corrected chi connectivity index (χ1v) is 9.82. The number of rotatable bonds is 4. The summed E-state index contributed by atoms with van der Waals surface area (Å²) >= 11 is 6.33. The van der Waals surface area contributed by atoms with Crippen molar-refractivity contribution in [3.8, 4) is 5.69 Å². The second-order valence-corrected chi connectivity index (χ2v) is 7.60. The third-order valence-corrected chi connectivity index (χ3v) is 5.77. The standard InChI is InChI=1S/C20H24ClN3O2/c21-19-18(23-16-6-3-11-26-13-16)12-22-24(20(19)25)17-9-7-15(8-10-17)14-4-1-2-5-14/h7-10,12,14,16,23H,1-6,11,13H2. The molecule has 1 aliphatic heterocycles. The molecule has 0 spiro atoms. The van der Waals surface area contributed by atoms with Crippen LogP contribution in [-0.4, -0.2) is 29.0 Å². The SMILES string of the molecule is O=c1c(Cl)c(NC2CCCOC2)cnn1-c1ccc(C2CCCC2)cc1. The average Bonchev–Trinajstić information content (AvgIpc) is 3.22. The van der Waals surface area contributed by atoms with Gasteiger partial charge in [-0.3, -0.25) is 4.79 Å². The van der Waals surface area contributed by atoms with E-state index in [4.69, 9.17) is 16.3 Å². The van der Waals surface area contributed by atoms with Gasteiger partial charge in [-0.15, -0.1) is 0 Å². The van der Waals surface area contributed by atoms with Gasteiger partial charge in [0.2, 0.25) is 0 Å². The van der Waals surface area contributed by atoms with Gasteiger partial charge >= 0.3 is 0 Å². The van der Waals surface area contributed by atoms with E-state index in [-0.39, 0.29) is 16.6 Å². The summed E-state index contributed by atoms with van der Waals surface area (Å²) in [4.78, 5) is 12.7. The van der Waals surface area contributed by atoms with Crippen molar-refractivity contribution in [2.24, 2.45) is 0 Å². The maximum atomic E-state index is 12.7. The number of nitrogens with zero attached hydrogens (tertiary/aromatic N) is 2. The fourth-order valence-electron chi connectivity index (χ4n) is 3.94. The van der Waals surface area contributed by atoms with Crippen molar-refractivity contribution >= 4 is 17.3 Å². The van der Waals surface area contributed by atoms with Gasteiger partial charge in [-0.25, -0.2) is 0 Å². The van der Waals surface area contributed by atoms with Crippen LogP contribution in [0.5, 0.6) is 0 Å². The molecule has 26 heavy (non-hydrogen) atoms. The van der Waals surface area contributed by atoms with Crippen LogP contribution < -0.4 is 10.9 Å². The molecule has 1 aromatic heterocycles. The maximum absolute atomic E-state index is 12.7. The van der Waals surface area contributed by atoms with Gasteiger partial charge in [-0.1, -0.05) is 36.6 Å². The Morgan fingerprint density at radius 1 is 1.12 bits per heavy atom. The molecule has 2 aromatic rings. The van der Waals surface area contributed by atoms with Crippen LogP contribution in [0, 0.1) is 0 Å². The van der Waals surface area contributed by atoms with E-state index in [1.165, 1.54) is 35.9 Å². The van der Waals surface area contributed by atoms with E-state index in [0.29, 0.717) is 18.2 Å². The summed E-state index contributed by atoms with van der Waals surface area (Å²) in [6, 6.07) is 8.31. The lowest BCUT2D eigenvalue weighted by Crippen LogP contribution is -2.31. The number of benzene rings is 1. The third-order valence-electron chi connectivity index (χ3n) is 5.40. The Morgan fingerprint density at radius 3 is 2.58 bits per heavy atom. The van der Waals surface area contributed by atoms with Crippen molar-refractivity contribution in [3.05, 3.63) is 51.4 Å². The molecule has 4 rings (SSSR count). The van der Waals surface area contributed by atoms with Crippen molar-refractivity contribution in [3.63, 3.8) is 0 Å². The van der Waals surface area contributed by atoms with Crippen LogP contribution in [0.25, 0.3) is 5.69 Å². The summed E-state index contributed by atoms with van der Waals surface area (Å²) in [5.41, 5.74) is 2.36. The summed E-state index contributed by atoms with van der Waals surface area (Å²) < 4.78 is 6.83. The molecule has 1 atom stereocenters. The second-order valence-electron chi connectivity index (χ2n) is 7.22. The molecule has 1 aromatic carbocycles. The predicted octanol–water partition coefficient (Wildman–Crippen LogP) is 4.13. The van der Waals surface area contributed by atoms with Crippen molar-refractivity contribution in [2.75, 3.05) is 18.5 Å². The monoisotopic (exact) mass is 373 g/mol. The van der Waals surface area contributed by atoms with Crippen LogP contribution in [0.15, 0.2) is 35.3 Å². The zero-order chi connectivity index (χ0) is 17.9. The molecule has 0 radical (unpaired) electrons. The van der Waals surface area contributed by atoms with E-state index in [0.717, 1.165) is 25.1 Å². The molecule has 1 aliphatic carbocycles. The Bertz CT molecular complexity index is 807. The smallest absolute Gasteiger partial charge is 0.292 e. The fraction of sp³-hybridized carbons (Fsp3) is 0.500. The molecule has 5 nitrogen and oxygen atoms in total. The number of nitrogens with one attached hydrogen (secondary N) is 1. The Hall–Kier alpha value is -1.85. The molecule has 6 heteroatoms. The van der Waals surface area contributed by atoms with Crippen LogP contribution in [0.1, 0.15) is 50.0 Å². The van der Waals surface area contributed by atoms with Crippen LogP contribution >= 0.6 is 11.6 Å². The first-order chi connectivity index (χ1) is 12.7. The predicted molar refractivity (Wildman–Crippen MR) is 104 cm³/mol. The Morgan fingerprint density at radius 2 is 1.88 bits per heavy atom. The van der Waals surface area contributed by atoms with E-state index in [2.05, 4.69) is 22.5 Å². The van der Waals surface area contributed by atoms with Gasteiger partial charge in [-0.2, -0.15) is 9.78 Å². The second kappa shape index (κ2) is 7.80. The highest BCUT2D eigenvalue weighted by atomic mass is 35.5. The zero-order valence-corrected chi connectivity index (χ0v) is 15.5. The third kappa shape index (κ3) is 3.64. The normalized spacial score (nSPS) is 21.0. The van der Waals surface area contributed by atoms with E-state index in [1.54, 1.807) is 6.20 Å². The topological polar surface area (TPSA) is 56.1 Å². The summed E-state index contributed by atoms with van der Waals surface area (Å²) in [5, 5.41) is 7.77. The summed E-state index contributed by atoms with van der Waals surface area (Å²) in [7, 11) is 0. The highest BCUT2D eigenvalue weighted by molar-refractivity contribution is 6.32. The first kappa shape index (κ1) is 17.6. The molecule has 1 saturated carbocycles. The lowest BCUT2D eigenvalue weighted by atomic mass is 9.98. The fourth-order valence-corrected chi connectivity index (χ4v) is 4.12. The summed E-state index contributed by atoms with van der Waals surface area (Å²) in [6.07, 6.45) is 8.77. The van der Waals surface area contributed by atoms with Gasteiger partial charge in [0.25, 0.3) is 5.56 Å². The Kier molecular flexibility index (Phi) is 5.27. The van der Waals surface area contributed by atoms with Crippen LogP contribution in [-0.2, 0) is 4.74 Å². The number of hydrogen-bond donors (Lipinski definition) is 1. The van der Waals surface area contributed by atoms with E-state index in [9.17, 15) is 4.79 Å². The van der Waals surface area contributed by atoms with Gasteiger partial charge in [0.1, 0.15) is 5.02 Å². The molecule has 138 valence electrons. The number of hydrogen-bond acceptors (Lipinski definition) is 4. The number of aromatic nitrogens is 2. The van der Waals surface area contributed by atoms with Crippen molar-refractivity contribution in [2.45, 2.75) is 50.5 Å². The van der Waals surface area contributed by atoms with Crippen LogP contribution in [0.4, 0.5) is 5.69 Å². The Balaban J connectivity index is 1.55. The molecular formula is C20H24ClN3O2. The largest absolute Gasteiger partial charge is 0.379 e. The number of halogens is 1. The first-order valence-electron chi connectivity index (χ1n) is 9.45. The Labute approximate surface area is 158 Å². The van der Waals surface area contributed by atoms with Gasteiger partial charge < -0.3 is 10.1 Å². The minimum absolute atomic E-state index is 0.170. The quantitative estimate of drug-likeness (QED) is 0.875. The lowest BCUT2D eigenvalue weighted by molar-refractivity contribution is 0.0876. The van der Waals surface area contributed by atoms with Crippen LogP contribution in [0.2, 0.25) is 5.02 Å². The summed E-state index contributed by atoms with van der Waals surface area (Å²) in [5.74, 6) is 0.654. The molecule has 0 amide bonds. The van der Waals surface area contributed by atoms with Gasteiger partial charge in [-0.05, 0) is 49.3 Å². The van der Waals surface area contributed by atoms with E-state index in [1.807, 2.05) is 12.1 Å². The molecule has 2 heterocycles. The molecular weight excluding hydrogens is 350 g/mol. The number of anilines is 1. The van der Waals surface area contributed by atoms with Crippen molar-refractivity contribution < 1.29 is 4.74 Å². The zero-order valence-electron chi connectivity index (χ0n) is 14.8. The van der Waals surface area contributed by atoms with Crippen LogP contribution in [0.3, 0.4) is 0 Å². The molecule has 1 N–H and O–H groups in total. The van der Waals surface area contributed by atoms with E-state index < -0.39 is 0 Å². The van der Waals surface area contributed by atoms with E-state index >= 15 is 0 Å². The highest BCUT2D eigenvalue weighted by Crippen LogP contribution is 2.34. The van der Waals surface area contributed by atoms with Gasteiger partial charge in [0, 0.05) is 12.6 Å². The number of ether oxygens (including phenoxy) is 1. The van der Waals surface area contributed by atoms with Crippen molar-refractivity contribution in [1.82, 2.24) is 9.78 Å². The molecule has 1 saturated heterocycles. The molecule has 1 unspecified atom stereocenters. The molecule has 0 bridgehead atoms. The molecule has 2 aliphatic rings.